The highest BCUT2D eigenvalue weighted by Crippen LogP contribution is 2.25. The van der Waals surface area contributed by atoms with Crippen molar-refractivity contribution in [3.05, 3.63) is 47.5 Å². The number of rotatable bonds is 4. The van der Waals surface area contributed by atoms with E-state index in [-0.39, 0.29) is 6.10 Å². The van der Waals surface area contributed by atoms with Crippen LogP contribution in [0.25, 0.3) is 0 Å². The van der Waals surface area contributed by atoms with Gasteiger partial charge in [0.2, 0.25) is 0 Å². The summed E-state index contributed by atoms with van der Waals surface area (Å²) in [5.74, 6) is 0. The quantitative estimate of drug-likeness (QED) is 0.837. The average molecular weight is 259 g/mol. The summed E-state index contributed by atoms with van der Waals surface area (Å²) < 4.78 is 13.3. The summed E-state index contributed by atoms with van der Waals surface area (Å²) in [4.78, 5) is 4.22. The minimum Gasteiger partial charge on any atom is -0.372 e. The normalized spacial score (nSPS) is 18.3. The molecule has 0 N–H and O–H groups in total. The summed E-state index contributed by atoms with van der Waals surface area (Å²) in [5.41, 5.74) is 3.20. The molecule has 2 aromatic heterocycles. The zero-order valence-electron chi connectivity index (χ0n) is 11.0. The number of ether oxygens (including phenoxy) is 2. The molecule has 0 saturated heterocycles. The van der Waals surface area contributed by atoms with Gasteiger partial charge in [0.1, 0.15) is 6.10 Å². The molecule has 0 saturated carbocycles. The van der Waals surface area contributed by atoms with Crippen LogP contribution >= 0.6 is 0 Å². The van der Waals surface area contributed by atoms with Crippen molar-refractivity contribution in [2.45, 2.75) is 19.1 Å². The van der Waals surface area contributed by atoms with Gasteiger partial charge in [-0.05, 0) is 24.1 Å². The smallest absolute Gasteiger partial charge is 0.125 e. The molecule has 0 aromatic carbocycles. The summed E-state index contributed by atoms with van der Waals surface area (Å²) in [7, 11) is 1.93. The molecule has 100 valence electrons. The fraction of sp³-hybridized carbons (Fsp3) is 0.429. The monoisotopic (exact) mass is 259 g/mol. The summed E-state index contributed by atoms with van der Waals surface area (Å²) in [6.45, 7) is 1.75. The first-order valence-corrected chi connectivity index (χ1v) is 6.44. The fourth-order valence-corrected chi connectivity index (χ4v) is 2.29. The Morgan fingerprint density at radius 2 is 2.42 bits per heavy atom. The Morgan fingerprint density at radius 1 is 1.47 bits per heavy atom. The van der Waals surface area contributed by atoms with Crippen LogP contribution in [0.2, 0.25) is 0 Å². The lowest BCUT2D eigenvalue weighted by Gasteiger charge is -2.21. The lowest BCUT2D eigenvalue weighted by atomic mass is 10.1. The van der Waals surface area contributed by atoms with E-state index < -0.39 is 0 Å². The number of nitrogens with zero attached hydrogens (tertiary/aromatic N) is 3. The minimum absolute atomic E-state index is 0.0614. The molecule has 3 rings (SSSR count). The van der Waals surface area contributed by atoms with Crippen LogP contribution in [0.3, 0.4) is 0 Å². The van der Waals surface area contributed by atoms with Gasteiger partial charge in [-0.1, -0.05) is 6.07 Å². The molecule has 3 heterocycles. The maximum Gasteiger partial charge on any atom is 0.125 e. The molecule has 1 atom stereocenters. The van der Waals surface area contributed by atoms with E-state index in [2.05, 4.69) is 16.3 Å². The van der Waals surface area contributed by atoms with E-state index in [1.54, 1.807) is 6.20 Å². The Labute approximate surface area is 112 Å². The van der Waals surface area contributed by atoms with Crippen LogP contribution in [0.15, 0.2) is 30.6 Å². The maximum absolute atomic E-state index is 5.73. The van der Waals surface area contributed by atoms with E-state index in [4.69, 9.17) is 9.47 Å². The van der Waals surface area contributed by atoms with E-state index in [0.717, 1.165) is 24.4 Å². The van der Waals surface area contributed by atoms with E-state index in [1.165, 1.54) is 5.56 Å². The molecular formula is C14H17N3O2. The van der Waals surface area contributed by atoms with Gasteiger partial charge in [0.05, 0.1) is 31.2 Å². The SMILES string of the molecule is Cn1cc2c(n1)C(COCc1ccccn1)OCC2. The predicted octanol–water partition coefficient (Wildman–Crippen LogP) is 1.65. The highest BCUT2D eigenvalue weighted by atomic mass is 16.5. The van der Waals surface area contributed by atoms with Gasteiger partial charge in [0, 0.05) is 19.4 Å². The Kier molecular flexibility index (Phi) is 3.57. The number of fused-ring (bicyclic) bond motifs is 1. The molecule has 19 heavy (non-hydrogen) atoms. The Balaban J connectivity index is 1.59. The molecule has 0 radical (unpaired) electrons. The van der Waals surface area contributed by atoms with Crippen LogP contribution in [0.1, 0.15) is 23.1 Å². The molecule has 5 heteroatoms. The zero-order valence-corrected chi connectivity index (χ0v) is 11.0. The lowest BCUT2D eigenvalue weighted by molar-refractivity contribution is -0.0326. The molecule has 0 bridgehead atoms. The first-order chi connectivity index (χ1) is 9.33. The molecule has 1 aliphatic heterocycles. The highest BCUT2D eigenvalue weighted by molar-refractivity contribution is 5.21. The lowest BCUT2D eigenvalue weighted by Crippen LogP contribution is -2.20. The second-order valence-electron chi connectivity index (χ2n) is 4.66. The summed E-state index contributed by atoms with van der Waals surface area (Å²) in [6.07, 6.45) is 4.70. The Bertz CT molecular complexity index is 539. The second-order valence-corrected chi connectivity index (χ2v) is 4.66. The Morgan fingerprint density at radius 3 is 3.26 bits per heavy atom. The van der Waals surface area contributed by atoms with Gasteiger partial charge in [0.25, 0.3) is 0 Å². The summed E-state index contributed by atoms with van der Waals surface area (Å²) >= 11 is 0. The van der Waals surface area contributed by atoms with Crippen LogP contribution in [0.5, 0.6) is 0 Å². The van der Waals surface area contributed by atoms with Crippen LogP contribution in [-0.2, 0) is 29.5 Å². The zero-order chi connectivity index (χ0) is 13.1. The van der Waals surface area contributed by atoms with Crippen molar-refractivity contribution in [1.82, 2.24) is 14.8 Å². The molecule has 5 nitrogen and oxygen atoms in total. The van der Waals surface area contributed by atoms with Gasteiger partial charge in [-0.2, -0.15) is 5.10 Å². The van der Waals surface area contributed by atoms with E-state index in [1.807, 2.05) is 29.9 Å². The molecule has 1 unspecified atom stereocenters. The van der Waals surface area contributed by atoms with Crippen molar-refractivity contribution in [3.63, 3.8) is 0 Å². The highest BCUT2D eigenvalue weighted by Gasteiger charge is 2.24. The fourth-order valence-electron chi connectivity index (χ4n) is 2.29. The number of hydrogen-bond donors (Lipinski definition) is 0. The van der Waals surface area contributed by atoms with Crippen molar-refractivity contribution in [2.24, 2.45) is 7.05 Å². The standard InChI is InChI=1S/C14H17N3O2/c1-17-8-11-5-7-19-13(14(11)16-17)10-18-9-12-4-2-3-6-15-12/h2-4,6,8,13H,5,7,9-10H2,1H3. The predicted molar refractivity (Wildman–Crippen MR) is 69.5 cm³/mol. The van der Waals surface area contributed by atoms with Crippen molar-refractivity contribution < 1.29 is 9.47 Å². The molecule has 0 fully saturated rings. The van der Waals surface area contributed by atoms with Crippen LogP contribution in [0, 0.1) is 0 Å². The number of pyridine rings is 1. The third-order valence-electron chi connectivity index (χ3n) is 3.18. The third-order valence-corrected chi connectivity index (χ3v) is 3.18. The van der Waals surface area contributed by atoms with Crippen molar-refractivity contribution in [2.75, 3.05) is 13.2 Å². The summed E-state index contributed by atoms with van der Waals surface area (Å²) in [6, 6.07) is 5.81. The third kappa shape index (κ3) is 2.83. The van der Waals surface area contributed by atoms with Crippen LogP contribution in [-0.4, -0.2) is 28.0 Å². The van der Waals surface area contributed by atoms with E-state index >= 15 is 0 Å². The topological polar surface area (TPSA) is 49.2 Å². The molecular weight excluding hydrogens is 242 g/mol. The largest absolute Gasteiger partial charge is 0.372 e. The molecule has 0 amide bonds. The number of aryl methyl sites for hydroxylation is 1. The van der Waals surface area contributed by atoms with Gasteiger partial charge in [-0.15, -0.1) is 0 Å². The van der Waals surface area contributed by atoms with Gasteiger partial charge < -0.3 is 9.47 Å². The number of hydrogen-bond acceptors (Lipinski definition) is 4. The van der Waals surface area contributed by atoms with Crippen molar-refractivity contribution in [3.8, 4) is 0 Å². The van der Waals surface area contributed by atoms with Crippen LogP contribution < -0.4 is 0 Å². The molecule has 2 aromatic rings. The first kappa shape index (κ1) is 12.3. The van der Waals surface area contributed by atoms with E-state index in [9.17, 15) is 0 Å². The second kappa shape index (κ2) is 5.50. The van der Waals surface area contributed by atoms with Crippen LogP contribution in [0.4, 0.5) is 0 Å². The average Bonchev–Trinajstić information content (AvgIpc) is 2.81. The first-order valence-electron chi connectivity index (χ1n) is 6.44. The molecule has 0 aliphatic carbocycles. The Hall–Kier alpha value is -1.72. The van der Waals surface area contributed by atoms with E-state index in [0.29, 0.717) is 13.2 Å². The summed E-state index contributed by atoms with van der Waals surface area (Å²) in [5, 5.41) is 4.45. The van der Waals surface area contributed by atoms with Gasteiger partial charge in [-0.3, -0.25) is 9.67 Å². The van der Waals surface area contributed by atoms with Gasteiger partial charge in [0.15, 0.2) is 0 Å². The van der Waals surface area contributed by atoms with Gasteiger partial charge >= 0.3 is 0 Å². The van der Waals surface area contributed by atoms with Crippen molar-refractivity contribution >= 4 is 0 Å². The number of aromatic nitrogens is 3. The van der Waals surface area contributed by atoms with Crippen molar-refractivity contribution in [1.29, 1.82) is 0 Å². The molecule has 0 spiro atoms. The maximum atomic E-state index is 5.73. The van der Waals surface area contributed by atoms with Gasteiger partial charge in [-0.25, -0.2) is 0 Å². The molecule has 1 aliphatic rings. The minimum atomic E-state index is -0.0614.